The van der Waals surface area contributed by atoms with Crippen LogP contribution in [0.1, 0.15) is 36.0 Å². The lowest BCUT2D eigenvalue weighted by molar-refractivity contribution is -0.126. The van der Waals surface area contributed by atoms with Gasteiger partial charge in [-0.15, -0.1) is 0 Å². The van der Waals surface area contributed by atoms with Gasteiger partial charge in [-0.25, -0.2) is 28.7 Å². The minimum atomic E-state index is -0.671. The van der Waals surface area contributed by atoms with Gasteiger partial charge in [0, 0.05) is 49.7 Å². The highest BCUT2D eigenvalue weighted by molar-refractivity contribution is 5.87. The van der Waals surface area contributed by atoms with Gasteiger partial charge in [-0.2, -0.15) is 0 Å². The maximum absolute atomic E-state index is 15.0. The SMILES string of the molecule is Cc1nc2c(F)cc(-c3nc(Nc4ccc5c(n4)CCNC5)ncc3F)cc2n1C1CC(=O)C1. The quantitative estimate of drug-likeness (QED) is 0.478. The summed E-state index contributed by atoms with van der Waals surface area (Å²) in [5, 5.41) is 6.33. The molecule has 6 rings (SSSR count). The number of halogens is 2. The number of aryl methyl sites for hydroxylation is 1. The van der Waals surface area contributed by atoms with Crippen LogP contribution in [0.25, 0.3) is 22.3 Å². The summed E-state index contributed by atoms with van der Waals surface area (Å²) < 4.78 is 31.6. The molecule has 0 saturated heterocycles. The Kier molecular flexibility index (Phi) is 4.84. The molecule has 3 aromatic heterocycles. The van der Waals surface area contributed by atoms with Gasteiger partial charge < -0.3 is 15.2 Å². The van der Waals surface area contributed by atoms with Crippen molar-refractivity contribution in [2.24, 2.45) is 0 Å². The Labute approximate surface area is 193 Å². The van der Waals surface area contributed by atoms with Crippen LogP contribution in [0, 0.1) is 18.6 Å². The van der Waals surface area contributed by atoms with E-state index in [1.54, 1.807) is 13.0 Å². The lowest BCUT2D eigenvalue weighted by atomic mass is 9.91. The van der Waals surface area contributed by atoms with Crippen LogP contribution in [0.3, 0.4) is 0 Å². The molecule has 1 saturated carbocycles. The first-order chi connectivity index (χ1) is 16.5. The number of aromatic nitrogens is 5. The first-order valence-corrected chi connectivity index (χ1v) is 11.2. The van der Waals surface area contributed by atoms with Crippen molar-refractivity contribution in [1.29, 1.82) is 0 Å². The Morgan fingerprint density at radius 2 is 1.97 bits per heavy atom. The second kappa shape index (κ2) is 7.91. The van der Waals surface area contributed by atoms with Gasteiger partial charge in [0.1, 0.15) is 28.6 Å². The van der Waals surface area contributed by atoms with E-state index in [9.17, 15) is 13.6 Å². The Balaban J connectivity index is 1.38. The number of imidazole rings is 1. The van der Waals surface area contributed by atoms with Crippen LogP contribution in [-0.2, 0) is 17.8 Å². The zero-order valence-electron chi connectivity index (χ0n) is 18.4. The summed E-state index contributed by atoms with van der Waals surface area (Å²) in [6.07, 6.45) is 2.65. The summed E-state index contributed by atoms with van der Waals surface area (Å²) in [5.41, 5.74) is 3.08. The second-order valence-electron chi connectivity index (χ2n) is 8.70. The number of hydrogen-bond donors (Lipinski definition) is 2. The molecule has 1 aliphatic heterocycles. The molecular weight excluding hydrogens is 440 g/mol. The molecule has 0 unspecified atom stereocenters. The monoisotopic (exact) mass is 461 g/mol. The van der Waals surface area contributed by atoms with Crippen LogP contribution >= 0.6 is 0 Å². The lowest BCUT2D eigenvalue weighted by Gasteiger charge is -2.27. The molecule has 172 valence electrons. The first kappa shape index (κ1) is 20.8. The van der Waals surface area contributed by atoms with Crippen LogP contribution in [0.4, 0.5) is 20.5 Å². The zero-order valence-corrected chi connectivity index (χ0v) is 18.4. The number of Topliss-reactive ketones (excluding diaryl/α,β-unsaturated/α-hetero) is 1. The van der Waals surface area contributed by atoms with E-state index in [-0.39, 0.29) is 34.5 Å². The Hall–Kier alpha value is -3.79. The van der Waals surface area contributed by atoms with Gasteiger partial charge in [0.15, 0.2) is 11.6 Å². The molecule has 0 radical (unpaired) electrons. The van der Waals surface area contributed by atoms with Crippen molar-refractivity contribution in [3.8, 4) is 11.3 Å². The fraction of sp³-hybridized carbons (Fsp3) is 0.292. The fourth-order valence-electron chi connectivity index (χ4n) is 4.67. The summed E-state index contributed by atoms with van der Waals surface area (Å²) in [7, 11) is 0. The number of benzene rings is 1. The molecule has 2 aliphatic rings. The van der Waals surface area contributed by atoms with Gasteiger partial charge in [0.05, 0.1) is 11.7 Å². The average molecular weight is 461 g/mol. The molecule has 0 spiro atoms. The largest absolute Gasteiger partial charge is 0.324 e. The summed E-state index contributed by atoms with van der Waals surface area (Å²) in [6, 6.07) is 6.64. The smallest absolute Gasteiger partial charge is 0.229 e. The number of pyridine rings is 1. The van der Waals surface area contributed by atoms with Gasteiger partial charge in [0.25, 0.3) is 0 Å². The average Bonchev–Trinajstić information content (AvgIpc) is 3.14. The first-order valence-electron chi connectivity index (χ1n) is 11.2. The summed E-state index contributed by atoms with van der Waals surface area (Å²) >= 11 is 0. The normalized spacial score (nSPS) is 15.9. The topological polar surface area (TPSA) is 97.6 Å². The van der Waals surface area contributed by atoms with Crippen LogP contribution in [0.2, 0.25) is 0 Å². The van der Waals surface area contributed by atoms with E-state index in [1.807, 2.05) is 16.7 Å². The highest BCUT2D eigenvalue weighted by atomic mass is 19.1. The van der Waals surface area contributed by atoms with Crippen LogP contribution in [0.15, 0.2) is 30.5 Å². The Morgan fingerprint density at radius 1 is 1.12 bits per heavy atom. The van der Waals surface area contributed by atoms with Gasteiger partial charge in [-0.05, 0) is 30.7 Å². The number of nitrogens with one attached hydrogen (secondary N) is 2. The number of hydrogen-bond acceptors (Lipinski definition) is 7. The molecule has 1 aliphatic carbocycles. The third-order valence-corrected chi connectivity index (χ3v) is 6.40. The standard InChI is InChI=1S/C24H21F2N7O/c1-12-29-23-17(25)6-14(7-20(23)33(12)15-8-16(34)9-15)22-18(26)11-28-24(32-22)31-21-3-2-13-10-27-5-4-19(13)30-21/h2-3,6-7,11,15,27H,4-5,8-10H2,1H3,(H,28,30,31,32). The molecule has 34 heavy (non-hydrogen) atoms. The van der Waals surface area contributed by atoms with Crippen molar-refractivity contribution >= 4 is 28.6 Å². The third-order valence-electron chi connectivity index (χ3n) is 6.40. The second-order valence-corrected chi connectivity index (χ2v) is 8.70. The minimum absolute atomic E-state index is 0.0319. The van der Waals surface area contributed by atoms with Gasteiger partial charge >= 0.3 is 0 Å². The fourth-order valence-corrected chi connectivity index (χ4v) is 4.67. The molecule has 1 fully saturated rings. The molecule has 0 amide bonds. The lowest BCUT2D eigenvalue weighted by Crippen LogP contribution is -2.27. The highest BCUT2D eigenvalue weighted by Crippen LogP contribution is 2.36. The van der Waals surface area contributed by atoms with Crippen molar-refractivity contribution in [2.45, 2.75) is 38.8 Å². The predicted octanol–water partition coefficient (Wildman–Crippen LogP) is 3.77. The molecule has 10 heteroatoms. The molecule has 0 atom stereocenters. The van der Waals surface area contributed by atoms with Crippen molar-refractivity contribution in [1.82, 2.24) is 29.8 Å². The number of ketones is 1. The van der Waals surface area contributed by atoms with Crippen molar-refractivity contribution in [2.75, 3.05) is 11.9 Å². The van der Waals surface area contributed by atoms with Crippen LogP contribution in [-0.4, -0.2) is 36.8 Å². The van der Waals surface area contributed by atoms with E-state index in [0.717, 1.165) is 37.0 Å². The summed E-state index contributed by atoms with van der Waals surface area (Å²) in [5.74, 6) is 0.249. The van der Waals surface area contributed by atoms with E-state index < -0.39 is 11.6 Å². The van der Waals surface area contributed by atoms with E-state index in [1.165, 1.54) is 6.07 Å². The number of anilines is 2. The molecular formula is C24H21F2N7O. The number of carbonyl (C=O) groups excluding carboxylic acids is 1. The van der Waals surface area contributed by atoms with Gasteiger partial charge in [-0.3, -0.25) is 4.79 Å². The number of nitrogens with zero attached hydrogens (tertiary/aromatic N) is 5. The number of rotatable bonds is 4. The highest BCUT2D eigenvalue weighted by Gasteiger charge is 2.31. The molecule has 8 nitrogen and oxygen atoms in total. The number of carbonyl (C=O) groups is 1. The minimum Gasteiger partial charge on any atom is -0.324 e. The van der Waals surface area contributed by atoms with E-state index in [2.05, 4.69) is 30.6 Å². The van der Waals surface area contributed by atoms with E-state index >= 15 is 0 Å². The van der Waals surface area contributed by atoms with E-state index in [4.69, 9.17) is 0 Å². The number of fused-ring (bicyclic) bond motifs is 2. The molecule has 4 heterocycles. The molecule has 2 N–H and O–H groups in total. The Bertz CT molecular complexity index is 1460. The van der Waals surface area contributed by atoms with Crippen molar-refractivity contribution in [3.05, 3.63) is 59.2 Å². The van der Waals surface area contributed by atoms with Crippen molar-refractivity contribution < 1.29 is 13.6 Å². The van der Waals surface area contributed by atoms with Crippen LogP contribution < -0.4 is 10.6 Å². The summed E-state index contributed by atoms with van der Waals surface area (Å²) in [6.45, 7) is 3.41. The Morgan fingerprint density at radius 3 is 2.79 bits per heavy atom. The maximum Gasteiger partial charge on any atom is 0.229 e. The summed E-state index contributed by atoms with van der Waals surface area (Å²) in [4.78, 5) is 28.8. The van der Waals surface area contributed by atoms with Gasteiger partial charge in [0.2, 0.25) is 5.95 Å². The maximum atomic E-state index is 15.0. The predicted molar refractivity (Wildman–Crippen MR) is 122 cm³/mol. The van der Waals surface area contributed by atoms with Crippen LogP contribution in [0.5, 0.6) is 0 Å². The molecule has 4 aromatic rings. The molecule has 0 bridgehead atoms. The van der Waals surface area contributed by atoms with E-state index in [0.29, 0.717) is 30.0 Å². The van der Waals surface area contributed by atoms with Gasteiger partial charge in [-0.1, -0.05) is 6.07 Å². The molecule has 1 aromatic carbocycles. The third kappa shape index (κ3) is 3.50. The van der Waals surface area contributed by atoms with Crippen molar-refractivity contribution in [3.63, 3.8) is 0 Å². The zero-order chi connectivity index (χ0) is 23.4.